The number of hydrogen-bond donors (Lipinski definition) is 1. The van der Waals surface area contributed by atoms with Crippen molar-refractivity contribution in [3.05, 3.63) is 34.3 Å². The molecule has 0 aromatic heterocycles. The summed E-state index contributed by atoms with van der Waals surface area (Å²) in [6, 6.07) is 7.42. The number of carboxylic acid groups (broad SMARTS) is 1. The Labute approximate surface area is 96.2 Å². The van der Waals surface area contributed by atoms with Gasteiger partial charge in [-0.15, -0.1) is 0 Å². The van der Waals surface area contributed by atoms with E-state index in [0.29, 0.717) is 13.0 Å². The molecule has 3 nitrogen and oxygen atoms in total. The van der Waals surface area contributed by atoms with E-state index < -0.39 is 11.4 Å². The Bertz CT molecular complexity index is 383. The average molecular weight is 271 g/mol. The Morgan fingerprint density at radius 2 is 2.20 bits per heavy atom. The molecule has 0 aliphatic carbocycles. The number of halogens is 1. The third-order valence-corrected chi connectivity index (χ3v) is 3.51. The van der Waals surface area contributed by atoms with Gasteiger partial charge in [0.15, 0.2) is 0 Å². The van der Waals surface area contributed by atoms with Crippen molar-refractivity contribution in [2.75, 3.05) is 13.2 Å². The van der Waals surface area contributed by atoms with Gasteiger partial charge in [0.1, 0.15) is 5.41 Å². The van der Waals surface area contributed by atoms with Gasteiger partial charge < -0.3 is 9.84 Å². The summed E-state index contributed by atoms with van der Waals surface area (Å²) in [5.74, 6) is -0.813. The molecule has 1 aliphatic rings. The Morgan fingerprint density at radius 3 is 2.73 bits per heavy atom. The van der Waals surface area contributed by atoms with Crippen LogP contribution in [0.2, 0.25) is 0 Å². The molecular formula is C11H11BrO3. The Kier molecular flexibility index (Phi) is 2.80. The molecule has 0 bridgehead atoms. The Balaban J connectivity index is 2.50. The van der Waals surface area contributed by atoms with E-state index in [-0.39, 0.29) is 6.61 Å². The highest BCUT2D eigenvalue weighted by Gasteiger charge is 2.45. The zero-order valence-electron chi connectivity index (χ0n) is 8.07. The van der Waals surface area contributed by atoms with Crippen LogP contribution < -0.4 is 0 Å². The van der Waals surface area contributed by atoms with Crippen molar-refractivity contribution >= 4 is 21.9 Å². The summed E-state index contributed by atoms with van der Waals surface area (Å²) >= 11 is 3.39. The first-order valence-corrected chi connectivity index (χ1v) is 5.52. The minimum atomic E-state index is -0.875. The highest BCUT2D eigenvalue weighted by atomic mass is 79.9. The molecular weight excluding hydrogens is 260 g/mol. The minimum absolute atomic E-state index is 0.255. The summed E-state index contributed by atoms with van der Waals surface area (Å²) in [7, 11) is 0. The molecule has 0 spiro atoms. The van der Waals surface area contributed by atoms with Crippen LogP contribution in [0.5, 0.6) is 0 Å². The predicted octanol–water partition coefficient (Wildman–Crippen LogP) is 2.19. The van der Waals surface area contributed by atoms with Crippen LogP contribution in [0.3, 0.4) is 0 Å². The molecule has 1 atom stereocenters. The van der Waals surface area contributed by atoms with Crippen molar-refractivity contribution in [1.82, 2.24) is 0 Å². The smallest absolute Gasteiger partial charge is 0.316 e. The topological polar surface area (TPSA) is 46.5 Å². The van der Waals surface area contributed by atoms with Crippen LogP contribution in [0.25, 0.3) is 0 Å². The summed E-state index contributed by atoms with van der Waals surface area (Å²) in [6.45, 7) is 0.762. The van der Waals surface area contributed by atoms with E-state index in [2.05, 4.69) is 15.9 Å². The van der Waals surface area contributed by atoms with Gasteiger partial charge in [-0.25, -0.2) is 0 Å². The number of benzene rings is 1. The molecule has 1 N–H and O–H groups in total. The van der Waals surface area contributed by atoms with Crippen molar-refractivity contribution in [2.45, 2.75) is 11.8 Å². The SMILES string of the molecule is O=C(O)C1(c2ccccc2Br)CCOC1. The van der Waals surface area contributed by atoms with Gasteiger partial charge in [0.05, 0.1) is 6.61 Å². The second kappa shape index (κ2) is 3.94. The Hall–Kier alpha value is -0.870. The third kappa shape index (κ3) is 1.68. The van der Waals surface area contributed by atoms with Crippen LogP contribution in [-0.4, -0.2) is 24.3 Å². The molecule has 0 amide bonds. The molecule has 1 heterocycles. The maximum absolute atomic E-state index is 11.4. The van der Waals surface area contributed by atoms with Crippen LogP contribution in [0, 0.1) is 0 Å². The molecule has 1 aliphatic heterocycles. The van der Waals surface area contributed by atoms with E-state index in [1.807, 2.05) is 24.3 Å². The van der Waals surface area contributed by atoms with Gasteiger partial charge in [-0.05, 0) is 18.1 Å². The van der Waals surface area contributed by atoms with Crippen molar-refractivity contribution in [1.29, 1.82) is 0 Å². The number of carboxylic acids is 1. The lowest BCUT2D eigenvalue weighted by Gasteiger charge is -2.23. The van der Waals surface area contributed by atoms with Crippen LogP contribution in [0.15, 0.2) is 28.7 Å². The maximum atomic E-state index is 11.4. The van der Waals surface area contributed by atoms with Gasteiger partial charge in [0.2, 0.25) is 0 Å². The van der Waals surface area contributed by atoms with Gasteiger partial charge in [0, 0.05) is 11.1 Å². The second-order valence-electron chi connectivity index (χ2n) is 3.67. The van der Waals surface area contributed by atoms with E-state index in [4.69, 9.17) is 4.74 Å². The lowest BCUT2D eigenvalue weighted by molar-refractivity contribution is -0.143. The largest absolute Gasteiger partial charge is 0.481 e. The zero-order valence-corrected chi connectivity index (χ0v) is 9.66. The fourth-order valence-electron chi connectivity index (χ4n) is 1.91. The summed E-state index contributed by atoms with van der Waals surface area (Å²) in [6.07, 6.45) is 0.533. The molecule has 1 unspecified atom stereocenters. The standard InChI is InChI=1S/C11H11BrO3/c12-9-4-2-1-3-8(9)11(10(13)14)5-6-15-7-11/h1-4H,5-7H2,(H,13,14). The molecule has 15 heavy (non-hydrogen) atoms. The fourth-order valence-corrected chi connectivity index (χ4v) is 2.57. The Morgan fingerprint density at radius 1 is 1.47 bits per heavy atom. The number of aliphatic carboxylic acids is 1. The molecule has 0 radical (unpaired) electrons. The van der Waals surface area contributed by atoms with E-state index >= 15 is 0 Å². The van der Waals surface area contributed by atoms with Crippen molar-refractivity contribution in [3.63, 3.8) is 0 Å². The molecule has 1 aromatic carbocycles. The summed E-state index contributed by atoms with van der Waals surface area (Å²) in [5.41, 5.74) is -0.0740. The minimum Gasteiger partial charge on any atom is -0.481 e. The summed E-state index contributed by atoms with van der Waals surface area (Å²) in [4.78, 5) is 11.4. The van der Waals surface area contributed by atoms with E-state index in [0.717, 1.165) is 10.0 Å². The number of rotatable bonds is 2. The molecule has 0 saturated carbocycles. The highest BCUT2D eigenvalue weighted by molar-refractivity contribution is 9.10. The second-order valence-corrected chi connectivity index (χ2v) is 4.52. The fraction of sp³-hybridized carbons (Fsp3) is 0.364. The number of ether oxygens (including phenoxy) is 1. The lowest BCUT2D eigenvalue weighted by Crippen LogP contribution is -2.36. The van der Waals surface area contributed by atoms with E-state index in [1.54, 1.807) is 0 Å². The first-order chi connectivity index (χ1) is 7.17. The molecule has 4 heteroatoms. The highest BCUT2D eigenvalue weighted by Crippen LogP contribution is 2.37. The quantitative estimate of drug-likeness (QED) is 0.896. The number of hydrogen-bond acceptors (Lipinski definition) is 2. The molecule has 1 saturated heterocycles. The zero-order chi connectivity index (χ0) is 10.9. The van der Waals surface area contributed by atoms with E-state index in [1.165, 1.54) is 0 Å². The monoisotopic (exact) mass is 270 g/mol. The van der Waals surface area contributed by atoms with Gasteiger partial charge >= 0.3 is 5.97 Å². The van der Waals surface area contributed by atoms with Crippen LogP contribution in [0.4, 0.5) is 0 Å². The third-order valence-electron chi connectivity index (χ3n) is 2.82. The van der Waals surface area contributed by atoms with Crippen LogP contribution in [-0.2, 0) is 14.9 Å². The molecule has 2 rings (SSSR count). The average Bonchev–Trinajstić information content (AvgIpc) is 2.68. The van der Waals surface area contributed by atoms with Gasteiger partial charge in [-0.3, -0.25) is 4.79 Å². The molecule has 1 aromatic rings. The maximum Gasteiger partial charge on any atom is 0.316 e. The number of carbonyl (C=O) groups is 1. The van der Waals surface area contributed by atoms with Crippen molar-refractivity contribution < 1.29 is 14.6 Å². The van der Waals surface area contributed by atoms with Crippen molar-refractivity contribution in [3.8, 4) is 0 Å². The lowest BCUT2D eigenvalue weighted by atomic mass is 9.80. The van der Waals surface area contributed by atoms with Crippen LogP contribution in [0.1, 0.15) is 12.0 Å². The first-order valence-electron chi connectivity index (χ1n) is 4.73. The van der Waals surface area contributed by atoms with Gasteiger partial charge in [-0.1, -0.05) is 34.1 Å². The first kappa shape index (κ1) is 10.6. The predicted molar refractivity (Wildman–Crippen MR) is 58.9 cm³/mol. The van der Waals surface area contributed by atoms with Gasteiger partial charge in [0.25, 0.3) is 0 Å². The normalized spacial score (nSPS) is 25.4. The van der Waals surface area contributed by atoms with E-state index in [9.17, 15) is 9.90 Å². The summed E-state index contributed by atoms with van der Waals surface area (Å²) in [5, 5.41) is 9.34. The van der Waals surface area contributed by atoms with Crippen molar-refractivity contribution in [2.24, 2.45) is 0 Å². The molecule has 1 fully saturated rings. The summed E-state index contributed by atoms with van der Waals surface area (Å²) < 4.78 is 6.06. The van der Waals surface area contributed by atoms with Gasteiger partial charge in [-0.2, -0.15) is 0 Å². The van der Waals surface area contributed by atoms with Crippen LogP contribution >= 0.6 is 15.9 Å². The molecule has 80 valence electrons.